The number of rotatable bonds is 7. The van der Waals surface area contributed by atoms with E-state index in [4.69, 9.17) is 9.26 Å². The molecule has 4 rings (SSSR count). The predicted molar refractivity (Wildman–Crippen MR) is 106 cm³/mol. The molecule has 1 aromatic heterocycles. The Hall–Kier alpha value is -2.93. The van der Waals surface area contributed by atoms with E-state index in [0.717, 1.165) is 26.6 Å². The first kappa shape index (κ1) is 19.4. The Morgan fingerprint density at radius 1 is 1.14 bits per heavy atom. The fraction of sp³-hybridized carbons (Fsp3) is 0.200. The molecule has 1 heterocycles. The quantitative estimate of drug-likeness (QED) is 0.455. The molecule has 2 N–H and O–H groups in total. The van der Waals surface area contributed by atoms with E-state index in [1.807, 2.05) is 36.4 Å². The van der Waals surface area contributed by atoms with Gasteiger partial charge in [-0.25, -0.2) is 18.7 Å². The number of aromatic nitrogens is 2. The molecular formula is C20H20N3O5P. The van der Waals surface area contributed by atoms with Crippen LogP contribution < -0.4 is 5.32 Å². The maximum absolute atomic E-state index is 12.0. The van der Waals surface area contributed by atoms with Crippen molar-refractivity contribution in [2.75, 3.05) is 19.8 Å². The lowest BCUT2D eigenvalue weighted by atomic mass is 9.98. The zero-order valence-electron chi connectivity index (χ0n) is 15.5. The Balaban J connectivity index is 1.29. The summed E-state index contributed by atoms with van der Waals surface area (Å²) in [6.45, 7) is 0.0975. The van der Waals surface area contributed by atoms with Gasteiger partial charge in [-0.05, 0) is 22.3 Å². The normalized spacial score (nSPS) is 14.7. The average Bonchev–Trinajstić information content (AvgIpc) is 3.37. The molecule has 0 fully saturated rings. The van der Waals surface area contributed by atoms with Crippen LogP contribution in [0.4, 0.5) is 4.79 Å². The second-order valence-corrected chi connectivity index (χ2v) is 8.22. The molecule has 3 aromatic rings. The van der Waals surface area contributed by atoms with Gasteiger partial charge in [0.1, 0.15) is 12.9 Å². The van der Waals surface area contributed by atoms with Crippen molar-refractivity contribution >= 4 is 13.8 Å². The van der Waals surface area contributed by atoms with Crippen molar-refractivity contribution in [2.24, 2.45) is 0 Å². The number of hydrogen-bond donors (Lipinski definition) is 2. The Kier molecular flexibility index (Phi) is 5.49. The first-order chi connectivity index (χ1) is 14.1. The maximum atomic E-state index is 12.0. The molecule has 0 spiro atoms. The van der Waals surface area contributed by atoms with E-state index in [1.54, 1.807) is 0 Å². The molecule has 1 aliphatic carbocycles. The number of nitrogens with zero attached hydrogens (tertiary/aromatic N) is 2. The number of carbonyl (C=O) groups is 1. The summed E-state index contributed by atoms with van der Waals surface area (Å²) in [5.41, 5.74) is 4.57. The summed E-state index contributed by atoms with van der Waals surface area (Å²) in [4.78, 5) is 25.5. The highest BCUT2D eigenvalue weighted by molar-refractivity contribution is 7.51. The van der Waals surface area contributed by atoms with Gasteiger partial charge in [0.25, 0.3) is 0 Å². The molecule has 29 heavy (non-hydrogen) atoms. The van der Waals surface area contributed by atoms with Crippen LogP contribution in [0, 0.1) is 0 Å². The second kappa shape index (κ2) is 8.21. The minimum absolute atomic E-state index is 0.0247. The SMILES string of the molecule is O=C(NCCOP(=O)(O)n1ccnc1)OCC1c2ccccc2-c2ccccc21. The van der Waals surface area contributed by atoms with Crippen LogP contribution in [0.25, 0.3) is 11.1 Å². The third-order valence-corrected chi connectivity index (χ3v) is 6.10. The number of benzene rings is 2. The highest BCUT2D eigenvalue weighted by atomic mass is 31.2. The molecule has 1 amide bonds. The summed E-state index contributed by atoms with van der Waals surface area (Å²) in [6.07, 6.45) is 3.30. The van der Waals surface area contributed by atoms with Gasteiger partial charge in [0, 0.05) is 24.9 Å². The summed E-state index contributed by atoms with van der Waals surface area (Å²) < 4.78 is 23.3. The van der Waals surface area contributed by atoms with Crippen LogP contribution in [0.3, 0.4) is 0 Å². The summed E-state index contributed by atoms with van der Waals surface area (Å²) in [6, 6.07) is 16.2. The number of fused-ring (bicyclic) bond motifs is 3. The topological polar surface area (TPSA) is 103 Å². The minimum atomic E-state index is -4.00. The highest BCUT2D eigenvalue weighted by Crippen LogP contribution is 2.44. The Morgan fingerprint density at radius 2 is 1.79 bits per heavy atom. The van der Waals surface area contributed by atoms with Gasteiger partial charge < -0.3 is 14.9 Å². The van der Waals surface area contributed by atoms with Gasteiger partial charge in [-0.1, -0.05) is 48.5 Å². The Labute approximate surface area is 167 Å². The maximum Gasteiger partial charge on any atom is 0.437 e. The van der Waals surface area contributed by atoms with Gasteiger partial charge in [-0.15, -0.1) is 0 Å². The van der Waals surface area contributed by atoms with E-state index in [1.165, 1.54) is 18.7 Å². The third kappa shape index (κ3) is 4.10. The van der Waals surface area contributed by atoms with Gasteiger partial charge in [0.05, 0.1) is 6.61 Å². The van der Waals surface area contributed by atoms with Crippen molar-refractivity contribution in [3.05, 3.63) is 78.4 Å². The molecule has 9 heteroatoms. The van der Waals surface area contributed by atoms with Crippen LogP contribution in [-0.2, 0) is 13.8 Å². The van der Waals surface area contributed by atoms with Gasteiger partial charge >= 0.3 is 13.8 Å². The molecule has 0 bridgehead atoms. The summed E-state index contributed by atoms with van der Waals surface area (Å²) >= 11 is 0. The summed E-state index contributed by atoms with van der Waals surface area (Å²) in [7, 11) is -4.00. The molecule has 1 atom stereocenters. The molecule has 0 saturated heterocycles. The van der Waals surface area contributed by atoms with Crippen molar-refractivity contribution in [3.8, 4) is 11.1 Å². The second-order valence-electron chi connectivity index (χ2n) is 6.52. The van der Waals surface area contributed by atoms with Gasteiger partial charge in [0.15, 0.2) is 0 Å². The average molecular weight is 413 g/mol. The molecule has 8 nitrogen and oxygen atoms in total. The Morgan fingerprint density at radius 3 is 2.41 bits per heavy atom. The van der Waals surface area contributed by atoms with E-state index in [9.17, 15) is 14.3 Å². The molecular weight excluding hydrogens is 393 g/mol. The number of amides is 1. The van der Waals surface area contributed by atoms with E-state index in [2.05, 4.69) is 22.4 Å². The predicted octanol–water partition coefficient (Wildman–Crippen LogP) is 3.39. The number of hydrogen-bond acceptors (Lipinski definition) is 5. The van der Waals surface area contributed by atoms with Crippen molar-refractivity contribution in [1.82, 2.24) is 14.6 Å². The van der Waals surface area contributed by atoms with E-state index < -0.39 is 13.8 Å². The summed E-state index contributed by atoms with van der Waals surface area (Å²) in [5.74, 6) is -0.0247. The zero-order valence-corrected chi connectivity index (χ0v) is 16.4. The van der Waals surface area contributed by atoms with Gasteiger partial charge in [0.2, 0.25) is 0 Å². The van der Waals surface area contributed by atoms with Crippen LogP contribution in [-0.4, -0.2) is 40.1 Å². The lowest BCUT2D eigenvalue weighted by molar-refractivity contribution is 0.140. The fourth-order valence-electron chi connectivity index (χ4n) is 3.44. The first-order valence-electron chi connectivity index (χ1n) is 9.11. The molecule has 1 unspecified atom stereocenters. The molecule has 1 aliphatic rings. The zero-order chi connectivity index (χ0) is 20.3. The van der Waals surface area contributed by atoms with Crippen LogP contribution in [0.15, 0.2) is 67.3 Å². The van der Waals surface area contributed by atoms with Crippen LogP contribution >= 0.6 is 7.75 Å². The molecule has 0 aliphatic heterocycles. The van der Waals surface area contributed by atoms with Crippen LogP contribution in [0.1, 0.15) is 17.0 Å². The molecule has 0 radical (unpaired) electrons. The number of carbonyl (C=O) groups excluding carboxylic acids is 1. The number of nitrogens with one attached hydrogen (secondary N) is 1. The third-order valence-electron chi connectivity index (χ3n) is 4.76. The minimum Gasteiger partial charge on any atom is -0.449 e. The van der Waals surface area contributed by atoms with Crippen LogP contribution in [0.2, 0.25) is 0 Å². The van der Waals surface area contributed by atoms with Crippen molar-refractivity contribution in [2.45, 2.75) is 5.92 Å². The van der Waals surface area contributed by atoms with Gasteiger partial charge in [-0.2, -0.15) is 0 Å². The van der Waals surface area contributed by atoms with Crippen molar-refractivity contribution in [1.29, 1.82) is 0 Å². The highest BCUT2D eigenvalue weighted by Gasteiger charge is 2.29. The van der Waals surface area contributed by atoms with Crippen molar-refractivity contribution < 1.29 is 23.5 Å². The van der Waals surface area contributed by atoms with E-state index in [-0.39, 0.29) is 25.7 Å². The smallest absolute Gasteiger partial charge is 0.437 e. The Bertz CT molecular complexity index is 1010. The van der Waals surface area contributed by atoms with Crippen LogP contribution in [0.5, 0.6) is 0 Å². The van der Waals surface area contributed by atoms with E-state index in [0.29, 0.717) is 0 Å². The number of alkyl carbamates (subject to hydrolysis) is 1. The summed E-state index contributed by atoms with van der Waals surface area (Å²) in [5, 5.41) is 2.53. The lowest BCUT2D eigenvalue weighted by Gasteiger charge is -2.15. The lowest BCUT2D eigenvalue weighted by Crippen LogP contribution is -2.29. The monoisotopic (exact) mass is 413 g/mol. The van der Waals surface area contributed by atoms with Gasteiger partial charge in [-0.3, -0.25) is 4.52 Å². The van der Waals surface area contributed by atoms with Crippen molar-refractivity contribution in [3.63, 3.8) is 0 Å². The van der Waals surface area contributed by atoms with E-state index >= 15 is 0 Å². The molecule has 150 valence electrons. The number of imidazole rings is 1. The number of ether oxygens (including phenoxy) is 1. The molecule has 2 aromatic carbocycles. The standard InChI is InChI=1S/C20H20N3O5P/c24-20(22-10-12-28-29(25,26)23-11-9-21-14-23)27-13-19-17-7-3-1-5-15(17)16-6-2-4-8-18(16)19/h1-9,11,14,19H,10,12-13H2,(H,22,24)(H,25,26). The largest absolute Gasteiger partial charge is 0.449 e. The molecule has 0 saturated carbocycles. The first-order valence-corrected chi connectivity index (χ1v) is 10.6. The fourth-order valence-corrected chi connectivity index (χ4v) is 4.32.